The van der Waals surface area contributed by atoms with E-state index in [1.165, 1.54) is 5.56 Å². The van der Waals surface area contributed by atoms with Crippen molar-refractivity contribution in [3.63, 3.8) is 0 Å². The maximum absolute atomic E-state index is 12.3. The number of nitrogens with one attached hydrogen (secondary N) is 2. The molecule has 2 N–H and O–H groups in total. The van der Waals surface area contributed by atoms with Crippen molar-refractivity contribution in [1.82, 2.24) is 10.3 Å². The summed E-state index contributed by atoms with van der Waals surface area (Å²) < 4.78 is 0. The third-order valence-electron chi connectivity index (χ3n) is 3.30. The summed E-state index contributed by atoms with van der Waals surface area (Å²) >= 11 is 0. The molecule has 0 aliphatic carbocycles. The van der Waals surface area contributed by atoms with E-state index in [0.717, 1.165) is 18.5 Å². The summed E-state index contributed by atoms with van der Waals surface area (Å²) in [5.74, 6) is 0.534. The maximum Gasteiger partial charge on any atom is 0.255 e. The average molecular weight is 283 g/mol. The second-order valence-corrected chi connectivity index (χ2v) is 4.94. The van der Waals surface area contributed by atoms with Crippen LogP contribution in [-0.4, -0.2) is 17.4 Å². The Balaban J connectivity index is 2.05. The van der Waals surface area contributed by atoms with E-state index >= 15 is 0 Å². The second kappa shape index (κ2) is 7.43. The summed E-state index contributed by atoms with van der Waals surface area (Å²) in [6.45, 7) is 5.44. The van der Waals surface area contributed by atoms with Crippen LogP contribution in [0.2, 0.25) is 0 Å². The Morgan fingerprint density at radius 2 is 2.00 bits per heavy atom. The van der Waals surface area contributed by atoms with Crippen molar-refractivity contribution in [2.45, 2.75) is 26.8 Å². The number of aromatic nitrogens is 1. The van der Waals surface area contributed by atoms with Gasteiger partial charge in [0, 0.05) is 19.3 Å². The molecule has 1 aromatic heterocycles. The summed E-state index contributed by atoms with van der Waals surface area (Å²) in [7, 11) is 0. The number of pyridine rings is 1. The Hall–Kier alpha value is -2.36. The van der Waals surface area contributed by atoms with Gasteiger partial charge in [0.1, 0.15) is 5.82 Å². The van der Waals surface area contributed by atoms with Gasteiger partial charge in [-0.2, -0.15) is 0 Å². The highest BCUT2D eigenvalue weighted by molar-refractivity contribution is 5.98. The second-order valence-electron chi connectivity index (χ2n) is 4.94. The van der Waals surface area contributed by atoms with Gasteiger partial charge in [0.05, 0.1) is 5.56 Å². The fourth-order valence-electron chi connectivity index (χ4n) is 2.05. The van der Waals surface area contributed by atoms with Crippen molar-refractivity contribution in [1.29, 1.82) is 0 Å². The van der Waals surface area contributed by atoms with Crippen molar-refractivity contribution >= 4 is 11.7 Å². The lowest BCUT2D eigenvalue weighted by Crippen LogP contribution is -2.24. The molecular formula is C17H21N3O. The fraction of sp³-hybridized carbons (Fsp3) is 0.294. The van der Waals surface area contributed by atoms with E-state index in [2.05, 4.69) is 22.5 Å². The number of hydrogen-bond donors (Lipinski definition) is 2. The van der Waals surface area contributed by atoms with Crippen molar-refractivity contribution in [2.24, 2.45) is 0 Å². The molecule has 0 aliphatic rings. The van der Waals surface area contributed by atoms with Crippen LogP contribution in [0.1, 0.15) is 34.8 Å². The van der Waals surface area contributed by atoms with Gasteiger partial charge in [0.2, 0.25) is 0 Å². The molecule has 0 saturated carbocycles. The largest absolute Gasteiger partial charge is 0.369 e. The average Bonchev–Trinajstić information content (AvgIpc) is 2.52. The molecule has 0 unspecified atom stereocenters. The summed E-state index contributed by atoms with van der Waals surface area (Å²) in [6, 6.07) is 11.6. The molecule has 21 heavy (non-hydrogen) atoms. The zero-order chi connectivity index (χ0) is 15.1. The SMILES string of the molecule is CCCNc1ncccc1C(=O)NCc1ccccc1C. The van der Waals surface area contributed by atoms with E-state index in [1.54, 1.807) is 18.3 Å². The van der Waals surface area contributed by atoms with Gasteiger partial charge in [-0.1, -0.05) is 31.2 Å². The summed E-state index contributed by atoms with van der Waals surface area (Å²) in [5.41, 5.74) is 2.88. The summed E-state index contributed by atoms with van der Waals surface area (Å²) in [4.78, 5) is 16.6. The molecule has 110 valence electrons. The van der Waals surface area contributed by atoms with Crippen molar-refractivity contribution in [3.05, 3.63) is 59.3 Å². The Labute approximate surface area is 125 Å². The highest BCUT2D eigenvalue weighted by Crippen LogP contribution is 2.12. The normalized spacial score (nSPS) is 10.2. The van der Waals surface area contributed by atoms with E-state index in [-0.39, 0.29) is 5.91 Å². The van der Waals surface area contributed by atoms with Crippen LogP contribution in [0, 0.1) is 6.92 Å². The number of benzene rings is 1. The highest BCUT2D eigenvalue weighted by Gasteiger charge is 2.11. The van der Waals surface area contributed by atoms with Gasteiger partial charge in [-0.05, 0) is 36.6 Å². The van der Waals surface area contributed by atoms with Crippen LogP contribution in [0.4, 0.5) is 5.82 Å². The van der Waals surface area contributed by atoms with Crippen LogP contribution < -0.4 is 10.6 Å². The Kier molecular flexibility index (Phi) is 5.32. The first-order valence-electron chi connectivity index (χ1n) is 7.24. The molecule has 1 heterocycles. The van der Waals surface area contributed by atoms with Crippen molar-refractivity contribution in [2.75, 3.05) is 11.9 Å². The third-order valence-corrected chi connectivity index (χ3v) is 3.30. The zero-order valence-corrected chi connectivity index (χ0v) is 12.5. The quantitative estimate of drug-likeness (QED) is 0.856. The fourth-order valence-corrected chi connectivity index (χ4v) is 2.05. The van der Waals surface area contributed by atoms with Crippen molar-refractivity contribution in [3.8, 4) is 0 Å². The predicted octanol–water partition coefficient (Wildman–Crippen LogP) is 3.14. The Bertz CT molecular complexity index is 610. The van der Waals surface area contributed by atoms with Crippen LogP contribution >= 0.6 is 0 Å². The molecule has 4 heteroatoms. The van der Waals surface area contributed by atoms with Gasteiger partial charge in [0.25, 0.3) is 5.91 Å². The monoisotopic (exact) mass is 283 g/mol. The van der Waals surface area contributed by atoms with Crippen LogP contribution in [0.15, 0.2) is 42.6 Å². The molecule has 0 bridgehead atoms. The molecule has 4 nitrogen and oxygen atoms in total. The zero-order valence-electron chi connectivity index (χ0n) is 12.5. The molecule has 0 radical (unpaired) electrons. The first kappa shape index (κ1) is 15.0. The molecule has 0 fully saturated rings. The van der Waals surface area contributed by atoms with Gasteiger partial charge >= 0.3 is 0 Å². The van der Waals surface area contributed by atoms with Crippen molar-refractivity contribution < 1.29 is 4.79 Å². The van der Waals surface area contributed by atoms with E-state index in [4.69, 9.17) is 0 Å². The first-order valence-corrected chi connectivity index (χ1v) is 7.24. The number of nitrogens with zero attached hydrogens (tertiary/aromatic N) is 1. The molecule has 2 aromatic rings. The maximum atomic E-state index is 12.3. The molecule has 1 aromatic carbocycles. The number of carbonyl (C=O) groups excluding carboxylic acids is 1. The lowest BCUT2D eigenvalue weighted by atomic mass is 10.1. The van der Waals surface area contributed by atoms with Crippen LogP contribution in [0.5, 0.6) is 0 Å². The number of rotatable bonds is 6. The first-order chi connectivity index (χ1) is 10.2. The van der Waals surface area contributed by atoms with E-state index in [0.29, 0.717) is 17.9 Å². The number of aryl methyl sites for hydroxylation is 1. The minimum absolute atomic E-state index is 0.107. The van der Waals surface area contributed by atoms with E-state index in [9.17, 15) is 4.79 Å². The lowest BCUT2D eigenvalue weighted by molar-refractivity contribution is 0.0951. The minimum Gasteiger partial charge on any atom is -0.369 e. The topological polar surface area (TPSA) is 54.0 Å². The number of hydrogen-bond acceptors (Lipinski definition) is 3. The van der Waals surface area contributed by atoms with Gasteiger partial charge in [-0.15, -0.1) is 0 Å². The molecule has 0 aliphatic heterocycles. The van der Waals surface area contributed by atoms with E-state index < -0.39 is 0 Å². The lowest BCUT2D eigenvalue weighted by Gasteiger charge is -2.11. The minimum atomic E-state index is -0.107. The standard InChI is InChI=1S/C17H21N3O/c1-3-10-18-16-15(9-6-11-19-16)17(21)20-12-14-8-5-4-7-13(14)2/h4-9,11H,3,10,12H2,1-2H3,(H,18,19)(H,20,21). The van der Waals surface area contributed by atoms with E-state index in [1.807, 2.05) is 31.2 Å². The van der Waals surface area contributed by atoms with Gasteiger partial charge in [-0.25, -0.2) is 4.98 Å². The van der Waals surface area contributed by atoms with Crippen LogP contribution in [0.25, 0.3) is 0 Å². The molecule has 2 rings (SSSR count). The number of amides is 1. The summed E-state index contributed by atoms with van der Waals surface area (Å²) in [5, 5.41) is 6.14. The molecule has 0 spiro atoms. The predicted molar refractivity (Wildman–Crippen MR) is 85.4 cm³/mol. The van der Waals surface area contributed by atoms with Gasteiger partial charge < -0.3 is 10.6 Å². The summed E-state index contributed by atoms with van der Waals surface area (Å²) in [6.07, 6.45) is 2.68. The van der Waals surface area contributed by atoms with Crippen LogP contribution in [-0.2, 0) is 6.54 Å². The number of anilines is 1. The molecule has 0 atom stereocenters. The smallest absolute Gasteiger partial charge is 0.255 e. The highest BCUT2D eigenvalue weighted by atomic mass is 16.1. The van der Waals surface area contributed by atoms with Crippen LogP contribution in [0.3, 0.4) is 0 Å². The molecular weight excluding hydrogens is 262 g/mol. The number of carbonyl (C=O) groups is 1. The third kappa shape index (κ3) is 4.05. The Morgan fingerprint density at radius 3 is 2.76 bits per heavy atom. The van der Waals surface area contributed by atoms with Gasteiger partial charge in [-0.3, -0.25) is 4.79 Å². The molecule has 1 amide bonds. The Morgan fingerprint density at radius 1 is 1.19 bits per heavy atom. The molecule has 0 saturated heterocycles. The van der Waals surface area contributed by atoms with Gasteiger partial charge in [0.15, 0.2) is 0 Å².